The van der Waals surface area contributed by atoms with Crippen molar-refractivity contribution < 1.29 is 53.0 Å². The molecule has 13 aromatic carbocycles. The maximum Gasteiger partial charge on any atom is 0.323 e. The number of halogens is 1. The minimum atomic E-state index is -0.449. The highest BCUT2D eigenvalue weighted by Gasteiger charge is 2.25. The molecular weight excluding hydrogens is 1280 g/mol. The Morgan fingerprint density at radius 1 is 0.400 bits per heavy atom. The molecule has 0 saturated heterocycles. The molecule has 0 saturated carbocycles. The number of para-hydroxylation sites is 3. The van der Waals surface area contributed by atoms with Crippen LogP contribution in [0, 0.1) is 11.5 Å². The lowest BCUT2D eigenvalue weighted by Gasteiger charge is -2.21. The number of carbonyl (C=O) groups is 2. The van der Waals surface area contributed by atoms with Crippen LogP contribution in [-0.4, -0.2) is 50.1 Å². The molecule has 13 aromatic rings. The molecule has 0 aromatic heterocycles. The average Bonchev–Trinajstić information content (AvgIpc) is 0.752. The number of benzene rings is 13. The number of nitrogens with one attached hydrogen (secondary N) is 4. The first-order valence-corrected chi connectivity index (χ1v) is 31.5. The summed E-state index contributed by atoms with van der Waals surface area (Å²) in [6, 6.07) is 80.9. The molecule has 0 fully saturated rings. The largest absolute Gasteiger partial charge is 0.488 e. The predicted octanol–water partition coefficient (Wildman–Crippen LogP) is 17.8. The van der Waals surface area contributed by atoms with Crippen LogP contribution in [0.4, 0.5) is 43.7 Å². The first-order valence-electron chi connectivity index (χ1n) is 31.5. The maximum atomic E-state index is 13.0. The van der Waals surface area contributed by atoms with Crippen molar-refractivity contribution in [3.05, 3.63) is 283 Å². The van der Waals surface area contributed by atoms with Crippen molar-refractivity contribution in [2.24, 2.45) is 0 Å². The summed E-state index contributed by atoms with van der Waals surface area (Å²) in [5, 5.41) is 48.0. The summed E-state index contributed by atoms with van der Waals surface area (Å²) in [5.41, 5.74) is 21.4. The number of aliphatic hydroxyl groups is 2. The summed E-state index contributed by atoms with van der Waals surface area (Å²) in [4.78, 5) is 26.1. The van der Waals surface area contributed by atoms with Crippen LogP contribution < -0.4 is 56.4 Å². The number of hydrogen-bond donors (Lipinski definition) is 8. The third-order valence-corrected chi connectivity index (χ3v) is 15.7. The van der Waals surface area contributed by atoms with E-state index in [1.54, 1.807) is 81.1 Å². The van der Waals surface area contributed by atoms with E-state index < -0.39 is 12.1 Å². The minimum absolute atomic E-state index is 0. The smallest absolute Gasteiger partial charge is 0.323 e. The lowest BCUT2D eigenvalue weighted by atomic mass is 9.90. The highest BCUT2D eigenvalue weighted by molar-refractivity contribution is 6.12. The molecule has 18 nitrogen and oxygen atoms in total. The van der Waals surface area contributed by atoms with Gasteiger partial charge in [-0.3, -0.25) is 0 Å². The van der Waals surface area contributed by atoms with Gasteiger partial charge in [0.1, 0.15) is 42.0 Å². The second kappa shape index (κ2) is 34.6. The second-order valence-electron chi connectivity index (χ2n) is 22.6. The normalized spacial score (nSPS) is 10.6. The fourth-order valence-electron chi connectivity index (χ4n) is 11.6. The van der Waals surface area contributed by atoms with Crippen LogP contribution in [-0.2, 0) is 35.9 Å². The molecule has 504 valence electrons. The SMILES string of the molecule is COCOc1c(CO)cc2ccccc2c1-c1c(OCc2cc(N)cc(N)c2)ccc2ccccc12.COCOc1c(CO)cc2ccccc2c1-c1c(OCc2cc(NC(=O)Nc3ccccc3)cc(NC(=O)Nc3ccccc3)c2)ccc2ccccc12.Cl.N#COc1ccccc1. The third kappa shape index (κ3) is 17.6. The second-order valence-corrected chi connectivity index (χ2v) is 22.6. The highest BCUT2D eigenvalue weighted by Crippen LogP contribution is 2.49. The first kappa shape index (κ1) is 70.5. The molecule has 19 heteroatoms. The molecule has 0 spiro atoms. The number of rotatable bonds is 21. The number of fused-ring (bicyclic) bond motifs is 4. The van der Waals surface area contributed by atoms with E-state index in [-0.39, 0.29) is 52.4 Å². The number of hydrogen-bond acceptors (Lipinski definition) is 14. The van der Waals surface area contributed by atoms with Gasteiger partial charge in [0.2, 0.25) is 0 Å². The number of urea groups is 2. The fraction of sp³-hybridized carbons (Fsp3) is 0.0988. The number of aliphatic hydroxyl groups excluding tert-OH is 2. The van der Waals surface area contributed by atoms with Crippen molar-refractivity contribution in [2.75, 3.05) is 60.5 Å². The van der Waals surface area contributed by atoms with E-state index in [0.717, 1.165) is 70.9 Å². The number of anilines is 6. The van der Waals surface area contributed by atoms with Gasteiger partial charge < -0.3 is 76.1 Å². The molecule has 0 aliphatic heterocycles. The Morgan fingerprint density at radius 3 is 1.16 bits per heavy atom. The molecule has 100 heavy (non-hydrogen) atoms. The first-order chi connectivity index (χ1) is 48.5. The van der Waals surface area contributed by atoms with Crippen molar-refractivity contribution in [1.29, 1.82) is 5.26 Å². The summed E-state index contributed by atoms with van der Waals surface area (Å²) >= 11 is 0. The summed E-state index contributed by atoms with van der Waals surface area (Å²) in [7, 11) is 3.12. The number of carbonyl (C=O) groups excluding carboxylic acids is 2. The number of ether oxygens (including phenoxy) is 7. The number of nitrogens with zero attached hydrogens (tertiary/aromatic N) is 1. The van der Waals surface area contributed by atoms with Crippen LogP contribution in [0.15, 0.2) is 261 Å². The molecule has 0 unspecified atom stereocenters. The number of nitrogen functional groups attached to an aromatic ring is 2. The molecule has 0 atom stereocenters. The molecule has 0 bridgehead atoms. The van der Waals surface area contributed by atoms with Crippen molar-refractivity contribution in [1.82, 2.24) is 0 Å². The van der Waals surface area contributed by atoms with Gasteiger partial charge in [0.25, 0.3) is 6.26 Å². The van der Waals surface area contributed by atoms with Gasteiger partial charge in [0.05, 0.1) is 13.2 Å². The van der Waals surface area contributed by atoms with E-state index in [0.29, 0.717) is 79.6 Å². The van der Waals surface area contributed by atoms with Gasteiger partial charge in [-0.1, -0.05) is 164 Å². The van der Waals surface area contributed by atoms with Gasteiger partial charge in [-0.05, 0) is 151 Å². The van der Waals surface area contributed by atoms with Crippen LogP contribution >= 0.6 is 12.4 Å². The predicted molar refractivity (Wildman–Crippen MR) is 399 cm³/mol. The van der Waals surface area contributed by atoms with Crippen LogP contribution in [0.25, 0.3) is 65.3 Å². The van der Waals surface area contributed by atoms with E-state index in [9.17, 15) is 19.8 Å². The Balaban J connectivity index is 0.000000201. The van der Waals surface area contributed by atoms with Crippen LogP contribution in [0.5, 0.6) is 28.7 Å². The quantitative estimate of drug-likeness (QED) is 0.0189. The Labute approximate surface area is 584 Å². The maximum absolute atomic E-state index is 13.0. The van der Waals surface area contributed by atoms with E-state index in [4.69, 9.17) is 45.2 Å². The zero-order valence-corrected chi connectivity index (χ0v) is 55.5. The Kier molecular flexibility index (Phi) is 24.3. The molecular formula is C81H72ClN7O11. The minimum Gasteiger partial charge on any atom is -0.488 e. The highest BCUT2D eigenvalue weighted by atomic mass is 35.5. The zero-order chi connectivity index (χ0) is 68.9. The van der Waals surface area contributed by atoms with Crippen LogP contribution in [0.3, 0.4) is 0 Å². The molecule has 13 rings (SSSR count). The summed E-state index contributed by atoms with van der Waals surface area (Å²) < 4.78 is 40.4. The summed E-state index contributed by atoms with van der Waals surface area (Å²) in [6.45, 7) is -0.0511. The molecule has 4 amide bonds. The summed E-state index contributed by atoms with van der Waals surface area (Å²) in [5.74, 6) is 2.88. The van der Waals surface area contributed by atoms with E-state index in [1.165, 1.54) is 0 Å². The lowest BCUT2D eigenvalue weighted by molar-refractivity contribution is 0.0498. The average molecular weight is 1350 g/mol. The Hall–Kier alpha value is -12.3. The summed E-state index contributed by atoms with van der Waals surface area (Å²) in [6.07, 6.45) is 1.58. The number of nitrogens with two attached hydrogens (primary N) is 2. The van der Waals surface area contributed by atoms with Gasteiger partial charge in [0, 0.05) is 81.7 Å². The van der Waals surface area contributed by atoms with Gasteiger partial charge in [0.15, 0.2) is 13.6 Å². The monoisotopic (exact) mass is 1350 g/mol. The fourth-order valence-corrected chi connectivity index (χ4v) is 11.6. The van der Waals surface area contributed by atoms with E-state index >= 15 is 0 Å². The van der Waals surface area contributed by atoms with Crippen LogP contribution in [0.1, 0.15) is 22.3 Å². The van der Waals surface area contributed by atoms with E-state index in [2.05, 4.69) is 44.2 Å². The van der Waals surface area contributed by atoms with Gasteiger partial charge in [-0.2, -0.15) is 0 Å². The molecule has 0 heterocycles. The van der Waals surface area contributed by atoms with E-state index in [1.807, 2.05) is 182 Å². The molecule has 0 aliphatic rings. The number of methoxy groups -OCH3 is 2. The third-order valence-electron chi connectivity index (χ3n) is 15.7. The molecule has 0 radical (unpaired) electrons. The molecule has 0 aliphatic carbocycles. The zero-order valence-electron chi connectivity index (χ0n) is 54.6. The van der Waals surface area contributed by atoms with Gasteiger partial charge >= 0.3 is 12.1 Å². The van der Waals surface area contributed by atoms with Gasteiger partial charge in [-0.25, -0.2) is 9.59 Å². The van der Waals surface area contributed by atoms with Crippen LogP contribution in [0.2, 0.25) is 0 Å². The lowest BCUT2D eigenvalue weighted by Crippen LogP contribution is -2.21. The molecule has 10 N–H and O–H groups in total. The van der Waals surface area contributed by atoms with Crippen molar-refractivity contribution >= 4 is 102 Å². The van der Waals surface area contributed by atoms with Crippen molar-refractivity contribution in [3.8, 4) is 57.3 Å². The Bertz CT molecular complexity index is 4910. The van der Waals surface area contributed by atoms with Crippen molar-refractivity contribution in [2.45, 2.75) is 26.4 Å². The Morgan fingerprint density at radius 2 is 0.760 bits per heavy atom. The standard InChI is InChI=1S/C44H38N4O6.C30H28N2O4.C7H5NO.ClH/c1-52-28-54-42-32(26-49)24-31-13-9-11-19-38(31)41(42)40-37-18-10-8-12-30(37)20-21-39(40)53-27-29-22-35(47-43(50)45-33-14-4-2-5-15-33)25-36(23-29)48-44(51)46-34-16-6-3-7-17-34;1-34-18-36-30-22(16-33)14-21-7-3-5-9-26(21)29(30)28-25-8-4-2-6-20(25)10-11-27(28)35-17-19-12-23(31)15-24(32)13-19;8-6-9-7-4-2-1-3-5-7;/h2-25,49H,26-28H2,1H3,(H2,45,47,50)(H2,46,48,51);2-15,33H,16-18,31-32H2,1H3;1-5H;1H. The van der Waals surface area contributed by atoms with Crippen molar-refractivity contribution in [3.63, 3.8) is 0 Å². The number of nitriles is 1. The topological polar surface area (TPSA) is 263 Å². The van der Waals surface area contributed by atoms with Gasteiger partial charge in [-0.15, -0.1) is 17.7 Å². The number of amides is 4.